The van der Waals surface area contributed by atoms with Crippen LogP contribution in [0.1, 0.15) is 25.3 Å². The second-order valence-corrected chi connectivity index (χ2v) is 4.57. The molecule has 0 fully saturated rings. The van der Waals surface area contributed by atoms with Gasteiger partial charge < -0.3 is 9.64 Å². The molecule has 0 radical (unpaired) electrons. The SMILES string of the molecule is C=CCN(CCCCOc1ccccc1C)C(C)=O. The highest BCUT2D eigenvalue weighted by Gasteiger charge is 2.05. The summed E-state index contributed by atoms with van der Waals surface area (Å²) in [6.07, 6.45) is 3.64. The average Bonchev–Trinajstić information content (AvgIpc) is 2.39. The first-order valence-corrected chi connectivity index (χ1v) is 6.70. The largest absolute Gasteiger partial charge is 0.493 e. The standard InChI is InChI=1S/C16H23NO2/c1-4-11-17(15(3)18)12-7-8-13-19-16-10-6-5-9-14(16)2/h4-6,9-10H,1,7-8,11-13H2,2-3H3. The van der Waals surface area contributed by atoms with Gasteiger partial charge in [-0.1, -0.05) is 24.3 Å². The van der Waals surface area contributed by atoms with E-state index >= 15 is 0 Å². The minimum Gasteiger partial charge on any atom is -0.493 e. The molecular weight excluding hydrogens is 238 g/mol. The molecule has 0 heterocycles. The predicted octanol–water partition coefficient (Wildman–Crippen LogP) is 3.19. The van der Waals surface area contributed by atoms with E-state index in [2.05, 4.69) is 6.58 Å². The van der Waals surface area contributed by atoms with Gasteiger partial charge in [0.1, 0.15) is 5.75 Å². The Kier molecular flexibility index (Phi) is 6.72. The van der Waals surface area contributed by atoms with Crippen molar-refractivity contribution in [3.63, 3.8) is 0 Å². The van der Waals surface area contributed by atoms with E-state index in [4.69, 9.17) is 4.74 Å². The zero-order valence-corrected chi connectivity index (χ0v) is 11.9. The molecule has 1 amide bonds. The molecule has 0 bridgehead atoms. The van der Waals surface area contributed by atoms with E-state index in [0.29, 0.717) is 13.2 Å². The number of benzene rings is 1. The van der Waals surface area contributed by atoms with Crippen LogP contribution in [0.15, 0.2) is 36.9 Å². The van der Waals surface area contributed by atoms with E-state index in [1.165, 1.54) is 0 Å². The Morgan fingerprint density at radius 3 is 2.74 bits per heavy atom. The number of aryl methyl sites for hydroxylation is 1. The third-order valence-electron chi connectivity index (χ3n) is 2.97. The van der Waals surface area contributed by atoms with Crippen LogP contribution in [0.4, 0.5) is 0 Å². The van der Waals surface area contributed by atoms with Gasteiger partial charge >= 0.3 is 0 Å². The number of hydrogen-bond donors (Lipinski definition) is 0. The first kappa shape index (κ1) is 15.3. The Labute approximate surface area is 115 Å². The summed E-state index contributed by atoms with van der Waals surface area (Å²) in [5, 5.41) is 0. The summed E-state index contributed by atoms with van der Waals surface area (Å²) in [6, 6.07) is 8.00. The summed E-state index contributed by atoms with van der Waals surface area (Å²) < 4.78 is 5.72. The minimum atomic E-state index is 0.0970. The van der Waals surface area contributed by atoms with Crippen LogP contribution in [0, 0.1) is 6.92 Å². The maximum absolute atomic E-state index is 11.3. The van der Waals surface area contributed by atoms with Crippen molar-refractivity contribution in [2.75, 3.05) is 19.7 Å². The number of unbranched alkanes of at least 4 members (excludes halogenated alkanes) is 1. The van der Waals surface area contributed by atoms with Gasteiger partial charge in [-0.25, -0.2) is 0 Å². The summed E-state index contributed by atoms with van der Waals surface area (Å²) in [5.41, 5.74) is 1.15. The Morgan fingerprint density at radius 1 is 1.37 bits per heavy atom. The Hall–Kier alpha value is -1.77. The Bertz CT molecular complexity index is 415. The summed E-state index contributed by atoms with van der Waals surface area (Å²) in [6.45, 7) is 9.35. The number of nitrogens with zero attached hydrogens (tertiary/aromatic N) is 1. The predicted molar refractivity (Wildman–Crippen MR) is 78.4 cm³/mol. The number of carbonyl (C=O) groups is 1. The van der Waals surface area contributed by atoms with Crippen molar-refractivity contribution in [1.82, 2.24) is 4.90 Å². The smallest absolute Gasteiger partial charge is 0.219 e. The van der Waals surface area contributed by atoms with Crippen molar-refractivity contribution in [2.24, 2.45) is 0 Å². The molecule has 19 heavy (non-hydrogen) atoms. The van der Waals surface area contributed by atoms with Crippen LogP contribution in [-0.4, -0.2) is 30.5 Å². The molecule has 0 aromatic heterocycles. The van der Waals surface area contributed by atoms with Crippen molar-refractivity contribution in [3.05, 3.63) is 42.5 Å². The fourth-order valence-electron chi connectivity index (χ4n) is 1.84. The highest BCUT2D eigenvalue weighted by atomic mass is 16.5. The van der Waals surface area contributed by atoms with Crippen molar-refractivity contribution >= 4 is 5.91 Å². The van der Waals surface area contributed by atoms with Crippen molar-refractivity contribution in [2.45, 2.75) is 26.7 Å². The fourth-order valence-corrected chi connectivity index (χ4v) is 1.84. The highest BCUT2D eigenvalue weighted by molar-refractivity contribution is 5.73. The van der Waals surface area contributed by atoms with Gasteiger partial charge in [0, 0.05) is 20.0 Å². The van der Waals surface area contributed by atoms with E-state index in [9.17, 15) is 4.79 Å². The number of hydrogen-bond acceptors (Lipinski definition) is 2. The molecular formula is C16H23NO2. The zero-order valence-electron chi connectivity index (χ0n) is 11.9. The highest BCUT2D eigenvalue weighted by Crippen LogP contribution is 2.16. The van der Waals surface area contributed by atoms with Crippen molar-refractivity contribution in [3.8, 4) is 5.75 Å². The normalized spacial score (nSPS) is 10.0. The van der Waals surface area contributed by atoms with Gasteiger partial charge in [-0.3, -0.25) is 4.79 Å². The minimum absolute atomic E-state index is 0.0970. The summed E-state index contributed by atoms with van der Waals surface area (Å²) in [4.78, 5) is 13.1. The number of carbonyl (C=O) groups excluding carboxylic acids is 1. The lowest BCUT2D eigenvalue weighted by atomic mass is 10.2. The Balaban J connectivity index is 2.22. The van der Waals surface area contributed by atoms with Crippen LogP contribution < -0.4 is 4.74 Å². The van der Waals surface area contributed by atoms with Gasteiger partial charge in [0.2, 0.25) is 5.91 Å². The quantitative estimate of drug-likeness (QED) is 0.531. The third kappa shape index (κ3) is 5.60. The molecule has 0 spiro atoms. The second kappa shape index (κ2) is 8.35. The average molecular weight is 261 g/mol. The Morgan fingerprint density at radius 2 is 2.11 bits per heavy atom. The molecule has 0 atom stereocenters. The van der Waals surface area contributed by atoms with Gasteiger partial charge in [-0.15, -0.1) is 6.58 Å². The van der Waals surface area contributed by atoms with Crippen LogP contribution in [0.25, 0.3) is 0 Å². The van der Waals surface area contributed by atoms with Crippen LogP contribution >= 0.6 is 0 Å². The fraction of sp³-hybridized carbons (Fsp3) is 0.438. The van der Waals surface area contributed by atoms with E-state index in [1.807, 2.05) is 31.2 Å². The lowest BCUT2D eigenvalue weighted by Gasteiger charge is -2.19. The molecule has 104 valence electrons. The van der Waals surface area contributed by atoms with Crippen LogP contribution in [0.3, 0.4) is 0 Å². The lowest BCUT2D eigenvalue weighted by molar-refractivity contribution is -0.128. The molecule has 0 aliphatic rings. The van der Waals surface area contributed by atoms with Gasteiger partial charge in [0.25, 0.3) is 0 Å². The molecule has 0 unspecified atom stereocenters. The van der Waals surface area contributed by atoms with Crippen LogP contribution in [-0.2, 0) is 4.79 Å². The number of para-hydroxylation sites is 1. The van der Waals surface area contributed by atoms with E-state index in [0.717, 1.165) is 30.7 Å². The van der Waals surface area contributed by atoms with E-state index in [1.54, 1.807) is 17.9 Å². The van der Waals surface area contributed by atoms with Crippen LogP contribution in [0.2, 0.25) is 0 Å². The summed E-state index contributed by atoms with van der Waals surface area (Å²) in [7, 11) is 0. The number of amides is 1. The van der Waals surface area contributed by atoms with Gasteiger partial charge in [0.05, 0.1) is 6.61 Å². The summed E-state index contributed by atoms with van der Waals surface area (Å²) in [5.74, 6) is 1.04. The zero-order chi connectivity index (χ0) is 14.1. The molecule has 1 aromatic rings. The first-order chi connectivity index (χ1) is 9.15. The molecule has 3 nitrogen and oxygen atoms in total. The number of rotatable bonds is 8. The first-order valence-electron chi connectivity index (χ1n) is 6.70. The number of ether oxygens (including phenoxy) is 1. The van der Waals surface area contributed by atoms with Crippen LogP contribution in [0.5, 0.6) is 5.75 Å². The van der Waals surface area contributed by atoms with Gasteiger partial charge in [0.15, 0.2) is 0 Å². The molecule has 1 rings (SSSR count). The lowest BCUT2D eigenvalue weighted by Crippen LogP contribution is -2.30. The van der Waals surface area contributed by atoms with E-state index < -0.39 is 0 Å². The molecule has 0 N–H and O–H groups in total. The monoisotopic (exact) mass is 261 g/mol. The van der Waals surface area contributed by atoms with Crippen molar-refractivity contribution in [1.29, 1.82) is 0 Å². The maximum atomic E-state index is 11.3. The molecule has 3 heteroatoms. The molecule has 0 saturated heterocycles. The van der Waals surface area contributed by atoms with Crippen molar-refractivity contribution < 1.29 is 9.53 Å². The molecule has 0 aliphatic carbocycles. The molecule has 0 saturated carbocycles. The second-order valence-electron chi connectivity index (χ2n) is 4.57. The topological polar surface area (TPSA) is 29.5 Å². The molecule has 1 aromatic carbocycles. The molecule has 0 aliphatic heterocycles. The third-order valence-corrected chi connectivity index (χ3v) is 2.97. The maximum Gasteiger partial charge on any atom is 0.219 e. The van der Waals surface area contributed by atoms with E-state index in [-0.39, 0.29) is 5.91 Å². The van der Waals surface area contributed by atoms with Gasteiger partial charge in [-0.2, -0.15) is 0 Å². The summed E-state index contributed by atoms with van der Waals surface area (Å²) >= 11 is 0. The van der Waals surface area contributed by atoms with Gasteiger partial charge in [-0.05, 0) is 31.4 Å².